The molecule has 0 fully saturated rings. The molecule has 168 valence electrons. The van der Waals surface area contributed by atoms with Gasteiger partial charge in [0.15, 0.2) is 0 Å². The van der Waals surface area contributed by atoms with E-state index in [1.807, 2.05) is 54.3 Å². The van der Waals surface area contributed by atoms with E-state index < -0.39 is 5.91 Å². The SMILES string of the molecule is C=CC(=O)Nc1cccc(-c2ccc(C(N)=O)c3[nH]c(-c4cnn(CC(C)C)c4)cc23)c1C. The highest BCUT2D eigenvalue weighted by Gasteiger charge is 2.18. The number of amides is 2. The van der Waals surface area contributed by atoms with Crippen molar-refractivity contribution in [1.82, 2.24) is 14.8 Å². The number of nitrogens with zero attached hydrogens (tertiary/aromatic N) is 2. The van der Waals surface area contributed by atoms with E-state index in [9.17, 15) is 9.59 Å². The number of rotatable bonds is 7. The van der Waals surface area contributed by atoms with Gasteiger partial charge in [0.1, 0.15) is 0 Å². The monoisotopic (exact) mass is 441 g/mol. The van der Waals surface area contributed by atoms with Crippen LogP contribution in [0.15, 0.2) is 61.4 Å². The molecule has 4 rings (SSSR count). The predicted molar refractivity (Wildman–Crippen MR) is 132 cm³/mol. The Labute approximate surface area is 192 Å². The van der Waals surface area contributed by atoms with E-state index in [2.05, 4.69) is 35.8 Å². The molecule has 2 aromatic heterocycles. The summed E-state index contributed by atoms with van der Waals surface area (Å²) >= 11 is 0. The van der Waals surface area contributed by atoms with Crippen molar-refractivity contribution in [1.29, 1.82) is 0 Å². The molecule has 4 N–H and O–H groups in total. The number of H-pyrrole nitrogens is 1. The molecule has 0 radical (unpaired) electrons. The first-order chi connectivity index (χ1) is 15.8. The standard InChI is InChI=1S/C26H27N5O2/c1-5-24(32)29-22-8-6-7-18(16(22)4)19-9-10-20(26(27)33)25-21(19)11-23(30-25)17-12-28-31(14-17)13-15(2)3/h5-12,14-15,30H,1,13H2,2-4H3,(H2,27,33)(H,29,32). The number of hydrogen-bond acceptors (Lipinski definition) is 3. The Hall–Kier alpha value is -4.13. The van der Waals surface area contributed by atoms with Crippen molar-refractivity contribution in [2.75, 3.05) is 5.32 Å². The van der Waals surface area contributed by atoms with E-state index in [-0.39, 0.29) is 5.91 Å². The molecule has 0 aliphatic rings. The number of nitrogens with one attached hydrogen (secondary N) is 2. The zero-order valence-electron chi connectivity index (χ0n) is 19.0. The average Bonchev–Trinajstić information content (AvgIpc) is 3.41. The quantitative estimate of drug-likeness (QED) is 0.356. The summed E-state index contributed by atoms with van der Waals surface area (Å²) in [6.45, 7) is 10.6. The van der Waals surface area contributed by atoms with Gasteiger partial charge < -0.3 is 16.0 Å². The Bertz CT molecular complexity index is 1380. The van der Waals surface area contributed by atoms with Crippen LogP contribution in [-0.2, 0) is 11.3 Å². The number of nitrogens with two attached hydrogens (primary N) is 1. The Morgan fingerprint density at radius 3 is 2.73 bits per heavy atom. The molecule has 2 heterocycles. The number of benzene rings is 2. The molecule has 7 heteroatoms. The smallest absolute Gasteiger partial charge is 0.250 e. The highest BCUT2D eigenvalue weighted by molar-refractivity contribution is 6.11. The van der Waals surface area contributed by atoms with Crippen LogP contribution < -0.4 is 11.1 Å². The fourth-order valence-corrected chi connectivity index (χ4v) is 4.04. The van der Waals surface area contributed by atoms with Gasteiger partial charge in [0.2, 0.25) is 5.91 Å². The summed E-state index contributed by atoms with van der Waals surface area (Å²) in [5.41, 5.74) is 12.0. The molecule has 0 unspecified atom stereocenters. The second kappa shape index (κ2) is 8.78. The highest BCUT2D eigenvalue weighted by Crippen LogP contribution is 2.37. The number of carbonyl (C=O) groups excluding carboxylic acids is 2. The van der Waals surface area contributed by atoms with E-state index in [4.69, 9.17) is 5.73 Å². The lowest BCUT2D eigenvalue weighted by molar-refractivity contribution is -0.111. The average molecular weight is 442 g/mol. The van der Waals surface area contributed by atoms with Crippen LogP contribution in [0.4, 0.5) is 5.69 Å². The van der Waals surface area contributed by atoms with Gasteiger partial charge in [-0.1, -0.05) is 38.6 Å². The van der Waals surface area contributed by atoms with Crippen LogP contribution in [0.3, 0.4) is 0 Å². The summed E-state index contributed by atoms with van der Waals surface area (Å²) in [4.78, 5) is 27.4. The molecule has 7 nitrogen and oxygen atoms in total. The summed E-state index contributed by atoms with van der Waals surface area (Å²) < 4.78 is 1.91. The van der Waals surface area contributed by atoms with E-state index in [1.54, 1.807) is 6.07 Å². The van der Waals surface area contributed by atoms with Crippen molar-refractivity contribution in [2.24, 2.45) is 11.7 Å². The fraction of sp³-hybridized carbons (Fsp3) is 0.192. The topological polar surface area (TPSA) is 106 Å². The summed E-state index contributed by atoms with van der Waals surface area (Å²) in [6.07, 6.45) is 5.04. The maximum Gasteiger partial charge on any atom is 0.250 e. The lowest BCUT2D eigenvalue weighted by Gasteiger charge is -2.13. The number of aromatic amines is 1. The minimum absolute atomic E-state index is 0.271. The van der Waals surface area contributed by atoms with Crippen LogP contribution in [0.2, 0.25) is 0 Å². The minimum Gasteiger partial charge on any atom is -0.366 e. The second-order valence-corrected chi connectivity index (χ2v) is 8.51. The molecule has 0 saturated heterocycles. The molecule has 33 heavy (non-hydrogen) atoms. The fourth-order valence-electron chi connectivity index (χ4n) is 4.04. The zero-order valence-corrected chi connectivity index (χ0v) is 19.0. The zero-order chi connectivity index (χ0) is 23.7. The Morgan fingerprint density at radius 2 is 2.03 bits per heavy atom. The van der Waals surface area contributed by atoms with E-state index >= 15 is 0 Å². The van der Waals surface area contributed by atoms with Crippen LogP contribution in [-0.4, -0.2) is 26.6 Å². The first-order valence-electron chi connectivity index (χ1n) is 10.8. The van der Waals surface area contributed by atoms with Gasteiger partial charge in [0, 0.05) is 35.1 Å². The number of hydrogen-bond donors (Lipinski definition) is 3. The predicted octanol–water partition coefficient (Wildman–Crippen LogP) is 4.89. The van der Waals surface area contributed by atoms with Gasteiger partial charge in [-0.15, -0.1) is 0 Å². The summed E-state index contributed by atoms with van der Waals surface area (Å²) in [5.74, 6) is -0.295. The van der Waals surface area contributed by atoms with Gasteiger partial charge in [-0.3, -0.25) is 14.3 Å². The van der Waals surface area contributed by atoms with Gasteiger partial charge in [-0.25, -0.2) is 0 Å². The summed E-state index contributed by atoms with van der Waals surface area (Å²) in [7, 11) is 0. The Balaban J connectivity index is 1.87. The van der Waals surface area contributed by atoms with Crippen LogP contribution in [0.1, 0.15) is 29.8 Å². The third-order valence-electron chi connectivity index (χ3n) is 5.62. The van der Waals surface area contributed by atoms with Crippen molar-refractivity contribution in [3.05, 3.63) is 72.6 Å². The van der Waals surface area contributed by atoms with Crippen LogP contribution in [0.5, 0.6) is 0 Å². The first kappa shape index (κ1) is 22.1. The van der Waals surface area contributed by atoms with Crippen LogP contribution in [0.25, 0.3) is 33.3 Å². The van der Waals surface area contributed by atoms with Crippen LogP contribution >= 0.6 is 0 Å². The van der Waals surface area contributed by atoms with E-state index in [1.165, 1.54) is 6.08 Å². The van der Waals surface area contributed by atoms with Gasteiger partial charge in [-0.2, -0.15) is 5.10 Å². The van der Waals surface area contributed by atoms with Gasteiger partial charge >= 0.3 is 0 Å². The van der Waals surface area contributed by atoms with Crippen molar-refractivity contribution >= 4 is 28.4 Å². The van der Waals surface area contributed by atoms with Crippen molar-refractivity contribution in [2.45, 2.75) is 27.3 Å². The lowest BCUT2D eigenvalue weighted by atomic mass is 9.94. The normalized spacial score (nSPS) is 11.2. The maximum atomic E-state index is 12.1. The lowest BCUT2D eigenvalue weighted by Crippen LogP contribution is -2.11. The third kappa shape index (κ3) is 4.30. The number of primary amides is 1. The van der Waals surface area contributed by atoms with Gasteiger partial charge in [0.05, 0.1) is 17.3 Å². The molecule has 2 aromatic carbocycles. The summed E-state index contributed by atoms with van der Waals surface area (Å²) in [5, 5.41) is 8.17. The van der Waals surface area contributed by atoms with E-state index in [0.29, 0.717) is 22.7 Å². The number of aromatic nitrogens is 3. The Kier molecular flexibility index (Phi) is 5.87. The van der Waals surface area contributed by atoms with Gasteiger partial charge in [0.25, 0.3) is 5.91 Å². The number of fused-ring (bicyclic) bond motifs is 1. The van der Waals surface area contributed by atoms with Crippen molar-refractivity contribution < 1.29 is 9.59 Å². The largest absolute Gasteiger partial charge is 0.366 e. The molecule has 0 aliphatic heterocycles. The molecule has 0 bridgehead atoms. The molecule has 0 atom stereocenters. The molecule has 0 aliphatic carbocycles. The minimum atomic E-state index is -0.501. The number of carbonyl (C=O) groups is 2. The van der Waals surface area contributed by atoms with Crippen molar-refractivity contribution in [3.63, 3.8) is 0 Å². The first-order valence-corrected chi connectivity index (χ1v) is 10.8. The molecule has 4 aromatic rings. The van der Waals surface area contributed by atoms with Crippen LogP contribution in [0, 0.1) is 12.8 Å². The molecule has 2 amide bonds. The molecule has 0 saturated carbocycles. The molecular weight excluding hydrogens is 414 g/mol. The summed E-state index contributed by atoms with van der Waals surface area (Å²) in [6, 6.07) is 11.4. The molecule has 0 spiro atoms. The second-order valence-electron chi connectivity index (χ2n) is 8.51. The number of anilines is 1. The van der Waals surface area contributed by atoms with Gasteiger partial charge in [-0.05, 0) is 53.8 Å². The van der Waals surface area contributed by atoms with Crippen molar-refractivity contribution in [3.8, 4) is 22.4 Å². The van der Waals surface area contributed by atoms with E-state index in [0.717, 1.165) is 39.9 Å². The highest BCUT2D eigenvalue weighted by atomic mass is 16.1. The maximum absolute atomic E-state index is 12.1. The third-order valence-corrected chi connectivity index (χ3v) is 5.62. The molecular formula is C26H27N5O2. The Morgan fingerprint density at radius 1 is 1.24 bits per heavy atom.